The van der Waals surface area contributed by atoms with Crippen LogP contribution >= 0.6 is 0 Å². The highest BCUT2D eigenvalue weighted by molar-refractivity contribution is 5.76. The highest BCUT2D eigenvalue weighted by atomic mass is 16.2. The van der Waals surface area contributed by atoms with Gasteiger partial charge in [-0.1, -0.05) is 23.8 Å². The van der Waals surface area contributed by atoms with E-state index >= 15 is 0 Å². The van der Waals surface area contributed by atoms with Gasteiger partial charge in [0.15, 0.2) is 0 Å². The highest BCUT2D eigenvalue weighted by Gasteiger charge is 2.22. The van der Waals surface area contributed by atoms with Gasteiger partial charge < -0.3 is 10.2 Å². The lowest BCUT2D eigenvalue weighted by Crippen LogP contribution is -2.31. The number of fused-ring (bicyclic) bond motifs is 1. The van der Waals surface area contributed by atoms with Crippen molar-refractivity contribution in [1.82, 2.24) is 10.2 Å². The van der Waals surface area contributed by atoms with Crippen molar-refractivity contribution in [2.24, 2.45) is 0 Å². The van der Waals surface area contributed by atoms with Crippen molar-refractivity contribution in [2.75, 3.05) is 19.6 Å². The molecule has 20 heavy (non-hydrogen) atoms. The quantitative estimate of drug-likeness (QED) is 0.913. The summed E-state index contributed by atoms with van der Waals surface area (Å²) in [7, 11) is 0. The minimum absolute atomic E-state index is 0.317. The van der Waals surface area contributed by atoms with Crippen LogP contribution in [-0.2, 0) is 11.2 Å². The monoisotopic (exact) mass is 272 g/mol. The molecule has 1 atom stereocenters. The zero-order chi connectivity index (χ0) is 13.9. The fourth-order valence-corrected chi connectivity index (χ4v) is 3.41. The van der Waals surface area contributed by atoms with E-state index in [9.17, 15) is 4.79 Å². The molecule has 1 fully saturated rings. The molecule has 1 aliphatic carbocycles. The Morgan fingerprint density at radius 2 is 2.15 bits per heavy atom. The molecular weight excluding hydrogens is 248 g/mol. The topological polar surface area (TPSA) is 32.3 Å². The molecule has 0 radical (unpaired) electrons. The Morgan fingerprint density at radius 1 is 1.35 bits per heavy atom. The predicted molar refractivity (Wildman–Crippen MR) is 80.7 cm³/mol. The Kier molecular flexibility index (Phi) is 4.06. The maximum Gasteiger partial charge on any atom is 0.223 e. The van der Waals surface area contributed by atoms with E-state index < -0.39 is 0 Å². The molecule has 3 nitrogen and oxygen atoms in total. The van der Waals surface area contributed by atoms with Gasteiger partial charge in [0.1, 0.15) is 0 Å². The molecule has 108 valence electrons. The van der Waals surface area contributed by atoms with Gasteiger partial charge in [-0.05, 0) is 43.7 Å². The van der Waals surface area contributed by atoms with Gasteiger partial charge in [0.25, 0.3) is 0 Å². The second-order valence-corrected chi connectivity index (χ2v) is 6.09. The van der Waals surface area contributed by atoms with Gasteiger partial charge in [-0.15, -0.1) is 0 Å². The SMILES string of the molecule is Cc1ccc2c(c1)C(NCCC(=O)N1CCCC1)CC2. The standard InChI is InChI=1S/C17H24N2O/c1-13-4-5-14-6-7-16(15(14)12-13)18-9-8-17(20)19-10-2-3-11-19/h4-5,12,16,18H,2-3,6-11H2,1H3. The lowest BCUT2D eigenvalue weighted by atomic mass is 10.1. The lowest BCUT2D eigenvalue weighted by Gasteiger charge is -2.17. The van der Waals surface area contributed by atoms with Crippen LogP contribution in [0.2, 0.25) is 0 Å². The fourth-order valence-electron chi connectivity index (χ4n) is 3.41. The van der Waals surface area contributed by atoms with E-state index in [1.54, 1.807) is 0 Å². The average Bonchev–Trinajstić information content (AvgIpc) is 3.08. The number of likely N-dealkylation sites (tertiary alicyclic amines) is 1. The normalized spacial score (nSPS) is 21.2. The number of nitrogens with one attached hydrogen (secondary N) is 1. The van der Waals surface area contributed by atoms with Crippen LogP contribution in [-0.4, -0.2) is 30.4 Å². The number of aryl methyl sites for hydroxylation is 2. The molecule has 0 bridgehead atoms. The molecule has 1 unspecified atom stereocenters. The first-order valence-electron chi connectivity index (χ1n) is 7.84. The Morgan fingerprint density at radius 3 is 2.95 bits per heavy atom. The van der Waals surface area contributed by atoms with Crippen LogP contribution in [0.5, 0.6) is 0 Å². The van der Waals surface area contributed by atoms with E-state index in [0.29, 0.717) is 18.4 Å². The molecule has 3 rings (SSSR count). The first kappa shape index (κ1) is 13.6. The van der Waals surface area contributed by atoms with Gasteiger partial charge in [0.05, 0.1) is 0 Å². The summed E-state index contributed by atoms with van der Waals surface area (Å²) >= 11 is 0. The van der Waals surface area contributed by atoms with E-state index in [-0.39, 0.29) is 0 Å². The number of carbonyl (C=O) groups excluding carboxylic acids is 1. The largest absolute Gasteiger partial charge is 0.343 e. The molecule has 1 N–H and O–H groups in total. The molecule has 1 aliphatic heterocycles. The number of hydrogen-bond donors (Lipinski definition) is 1. The molecular formula is C17H24N2O. The predicted octanol–water partition coefficient (Wildman–Crippen LogP) is 2.58. The molecule has 2 aliphatic rings. The molecule has 1 amide bonds. The van der Waals surface area contributed by atoms with Crippen LogP contribution in [0.1, 0.15) is 48.4 Å². The van der Waals surface area contributed by atoms with Gasteiger partial charge in [-0.3, -0.25) is 4.79 Å². The molecule has 0 aromatic heterocycles. The van der Waals surface area contributed by atoms with E-state index in [4.69, 9.17) is 0 Å². The average molecular weight is 272 g/mol. The minimum Gasteiger partial charge on any atom is -0.343 e. The van der Waals surface area contributed by atoms with Crippen molar-refractivity contribution in [2.45, 2.75) is 45.1 Å². The van der Waals surface area contributed by atoms with E-state index in [1.807, 2.05) is 4.90 Å². The van der Waals surface area contributed by atoms with Gasteiger partial charge in [-0.25, -0.2) is 0 Å². The zero-order valence-corrected chi connectivity index (χ0v) is 12.3. The second kappa shape index (κ2) is 5.96. The van der Waals surface area contributed by atoms with Crippen LogP contribution in [0.4, 0.5) is 0 Å². The summed E-state index contributed by atoms with van der Waals surface area (Å²) in [4.78, 5) is 14.0. The van der Waals surface area contributed by atoms with Crippen molar-refractivity contribution >= 4 is 5.91 Å². The number of amides is 1. The minimum atomic E-state index is 0.317. The van der Waals surface area contributed by atoms with Gasteiger partial charge in [0, 0.05) is 32.1 Å². The van der Waals surface area contributed by atoms with Crippen molar-refractivity contribution in [3.8, 4) is 0 Å². The number of nitrogens with zero attached hydrogens (tertiary/aromatic N) is 1. The third-order valence-corrected chi connectivity index (χ3v) is 4.57. The molecule has 0 spiro atoms. The first-order valence-corrected chi connectivity index (χ1v) is 7.84. The lowest BCUT2D eigenvalue weighted by molar-refractivity contribution is -0.130. The molecule has 1 saturated heterocycles. The number of carbonyl (C=O) groups is 1. The maximum absolute atomic E-state index is 12.0. The molecule has 1 heterocycles. The van der Waals surface area contributed by atoms with Gasteiger partial charge in [-0.2, -0.15) is 0 Å². The Bertz CT molecular complexity index is 492. The molecule has 3 heteroatoms. The number of benzene rings is 1. The summed E-state index contributed by atoms with van der Waals surface area (Å²) in [6, 6.07) is 7.18. The van der Waals surface area contributed by atoms with E-state index in [2.05, 4.69) is 30.4 Å². The van der Waals surface area contributed by atoms with Crippen LogP contribution in [0, 0.1) is 6.92 Å². The second-order valence-electron chi connectivity index (χ2n) is 6.09. The third-order valence-electron chi connectivity index (χ3n) is 4.57. The van der Waals surface area contributed by atoms with Crippen molar-refractivity contribution in [3.63, 3.8) is 0 Å². The Labute approximate surface area is 121 Å². The van der Waals surface area contributed by atoms with Crippen LogP contribution < -0.4 is 5.32 Å². The molecule has 1 aromatic rings. The summed E-state index contributed by atoms with van der Waals surface area (Å²) < 4.78 is 0. The summed E-state index contributed by atoms with van der Waals surface area (Å²) in [5, 5.41) is 3.57. The molecule has 1 aromatic carbocycles. The summed E-state index contributed by atoms with van der Waals surface area (Å²) in [5.74, 6) is 0.317. The molecule has 0 saturated carbocycles. The number of rotatable bonds is 4. The smallest absolute Gasteiger partial charge is 0.223 e. The third kappa shape index (κ3) is 2.88. The van der Waals surface area contributed by atoms with Crippen molar-refractivity contribution in [3.05, 3.63) is 34.9 Å². The van der Waals surface area contributed by atoms with Gasteiger partial charge in [0.2, 0.25) is 5.91 Å². The maximum atomic E-state index is 12.0. The van der Waals surface area contributed by atoms with E-state index in [0.717, 1.165) is 32.5 Å². The summed E-state index contributed by atoms with van der Waals surface area (Å²) in [6.45, 7) is 4.87. The Balaban J connectivity index is 1.50. The first-order chi connectivity index (χ1) is 9.74. The van der Waals surface area contributed by atoms with Gasteiger partial charge >= 0.3 is 0 Å². The summed E-state index contributed by atoms with van der Waals surface area (Å²) in [5.41, 5.74) is 4.24. The van der Waals surface area contributed by atoms with Crippen LogP contribution in [0.3, 0.4) is 0 Å². The summed E-state index contributed by atoms with van der Waals surface area (Å²) in [6.07, 6.45) is 5.31. The van der Waals surface area contributed by atoms with Crippen LogP contribution in [0.25, 0.3) is 0 Å². The number of hydrogen-bond acceptors (Lipinski definition) is 2. The van der Waals surface area contributed by atoms with Crippen molar-refractivity contribution in [1.29, 1.82) is 0 Å². The fraction of sp³-hybridized carbons (Fsp3) is 0.588. The Hall–Kier alpha value is -1.35. The highest BCUT2D eigenvalue weighted by Crippen LogP contribution is 2.31. The van der Waals surface area contributed by atoms with E-state index in [1.165, 1.54) is 29.5 Å². The van der Waals surface area contributed by atoms with Crippen molar-refractivity contribution < 1.29 is 4.79 Å². The zero-order valence-electron chi connectivity index (χ0n) is 12.3. The van der Waals surface area contributed by atoms with Crippen LogP contribution in [0.15, 0.2) is 18.2 Å².